The minimum absolute atomic E-state index is 0.196. The van der Waals surface area contributed by atoms with Gasteiger partial charge in [-0.05, 0) is 25.4 Å². The van der Waals surface area contributed by atoms with E-state index in [0.29, 0.717) is 12.3 Å². The van der Waals surface area contributed by atoms with Crippen LogP contribution < -0.4 is 5.32 Å². The second kappa shape index (κ2) is 8.68. The molecule has 90 valence electrons. The Morgan fingerprint density at radius 3 is 2.67 bits per heavy atom. The molecule has 0 aliphatic rings. The zero-order valence-electron chi connectivity index (χ0n) is 10.4. The third-order valence-corrected chi connectivity index (χ3v) is 2.19. The van der Waals surface area contributed by atoms with Gasteiger partial charge in [-0.2, -0.15) is 0 Å². The highest BCUT2D eigenvalue weighted by molar-refractivity contribution is 5.75. The number of methoxy groups -OCH3 is 1. The molecule has 0 saturated carbocycles. The van der Waals surface area contributed by atoms with Gasteiger partial charge in [0.05, 0.1) is 0 Å². The van der Waals surface area contributed by atoms with E-state index in [9.17, 15) is 4.79 Å². The molecule has 1 unspecified atom stereocenters. The largest absolute Gasteiger partial charge is 0.384 e. The first-order chi connectivity index (χ1) is 7.07. The summed E-state index contributed by atoms with van der Waals surface area (Å²) in [5.41, 5.74) is 0. The lowest BCUT2D eigenvalue weighted by Crippen LogP contribution is -2.26. The summed E-state index contributed by atoms with van der Waals surface area (Å²) in [5, 5.41) is 3.31. The molecule has 0 heterocycles. The molecular formula is C11H24N2O2. The van der Waals surface area contributed by atoms with Crippen molar-refractivity contribution in [3.05, 3.63) is 0 Å². The minimum atomic E-state index is 0.196. The van der Waals surface area contributed by atoms with Crippen LogP contribution in [0.5, 0.6) is 0 Å². The van der Waals surface area contributed by atoms with Crippen LogP contribution in [-0.2, 0) is 9.53 Å². The lowest BCUT2D eigenvalue weighted by molar-refractivity contribution is -0.128. The van der Waals surface area contributed by atoms with Gasteiger partial charge in [0.15, 0.2) is 0 Å². The summed E-state index contributed by atoms with van der Waals surface area (Å²) >= 11 is 0. The summed E-state index contributed by atoms with van der Waals surface area (Å²) < 4.78 is 5.03. The molecule has 0 spiro atoms. The van der Waals surface area contributed by atoms with Gasteiger partial charge in [0.25, 0.3) is 0 Å². The maximum Gasteiger partial charge on any atom is 0.222 e. The van der Waals surface area contributed by atoms with Crippen molar-refractivity contribution in [3.63, 3.8) is 0 Å². The monoisotopic (exact) mass is 216 g/mol. The summed E-state index contributed by atoms with van der Waals surface area (Å²) in [7, 11) is 5.29. The van der Waals surface area contributed by atoms with Crippen molar-refractivity contribution in [2.75, 3.05) is 40.9 Å². The highest BCUT2D eigenvalue weighted by Crippen LogP contribution is 1.94. The van der Waals surface area contributed by atoms with E-state index in [1.165, 1.54) is 0 Å². The van der Waals surface area contributed by atoms with Crippen LogP contribution in [-0.4, -0.2) is 51.7 Å². The van der Waals surface area contributed by atoms with Gasteiger partial charge in [0.2, 0.25) is 5.91 Å². The van der Waals surface area contributed by atoms with Crippen molar-refractivity contribution < 1.29 is 9.53 Å². The van der Waals surface area contributed by atoms with Crippen molar-refractivity contribution in [2.45, 2.75) is 19.8 Å². The SMILES string of the molecule is COCC(C)CNCCCC(=O)N(C)C. The topological polar surface area (TPSA) is 41.6 Å². The summed E-state index contributed by atoms with van der Waals surface area (Å²) in [5.74, 6) is 0.723. The number of ether oxygens (including phenoxy) is 1. The highest BCUT2D eigenvalue weighted by Gasteiger charge is 2.03. The fourth-order valence-electron chi connectivity index (χ4n) is 1.28. The average molecular weight is 216 g/mol. The number of hydrogen-bond acceptors (Lipinski definition) is 3. The van der Waals surface area contributed by atoms with Gasteiger partial charge in [-0.25, -0.2) is 0 Å². The second-order valence-corrected chi connectivity index (χ2v) is 4.16. The molecule has 15 heavy (non-hydrogen) atoms. The van der Waals surface area contributed by atoms with Crippen molar-refractivity contribution in [1.29, 1.82) is 0 Å². The molecule has 1 atom stereocenters. The van der Waals surface area contributed by atoms with Gasteiger partial charge in [-0.3, -0.25) is 4.79 Å². The van der Waals surface area contributed by atoms with Gasteiger partial charge >= 0.3 is 0 Å². The van der Waals surface area contributed by atoms with E-state index in [1.807, 2.05) is 0 Å². The van der Waals surface area contributed by atoms with Crippen molar-refractivity contribution in [1.82, 2.24) is 10.2 Å². The van der Waals surface area contributed by atoms with Crippen LogP contribution in [0.15, 0.2) is 0 Å². The Labute approximate surface area is 93.0 Å². The van der Waals surface area contributed by atoms with E-state index in [4.69, 9.17) is 4.74 Å². The van der Waals surface area contributed by atoms with Crippen molar-refractivity contribution >= 4 is 5.91 Å². The summed E-state index contributed by atoms with van der Waals surface area (Å²) in [6.07, 6.45) is 1.52. The van der Waals surface area contributed by atoms with Gasteiger partial charge in [0.1, 0.15) is 0 Å². The smallest absolute Gasteiger partial charge is 0.222 e. The highest BCUT2D eigenvalue weighted by atomic mass is 16.5. The Hall–Kier alpha value is -0.610. The Bertz CT molecular complexity index is 172. The molecule has 4 heteroatoms. The Balaban J connectivity index is 3.28. The third-order valence-electron chi connectivity index (χ3n) is 2.19. The van der Waals surface area contributed by atoms with Crippen LogP contribution in [0.3, 0.4) is 0 Å². The molecule has 0 aromatic rings. The first kappa shape index (κ1) is 14.4. The molecular weight excluding hydrogens is 192 g/mol. The van der Waals surface area contributed by atoms with E-state index in [2.05, 4.69) is 12.2 Å². The van der Waals surface area contributed by atoms with Crippen LogP contribution in [0, 0.1) is 5.92 Å². The molecule has 1 amide bonds. The Kier molecular flexibility index (Phi) is 8.33. The van der Waals surface area contributed by atoms with Crippen molar-refractivity contribution in [3.8, 4) is 0 Å². The summed E-state index contributed by atoms with van der Waals surface area (Å²) in [6.45, 7) is 4.77. The van der Waals surface area contributed by atoms with Gasteiger partial charge < -0.3 is 15.0 Å². The molecule has 0 aliphatic heterocycles. The molecule has 0 bridgehead atoms. The predicted molar refractivity (Wildman–Crippen MR) is 61.8 cm³/mol. The van der Waals surface area contributed by atoms with Crippen LogP contribution in [0.1, 0.15) is 19.8 Å². The van der Waals surface area contributed by atoms with Crippen LogP contribution in [0.4, 0.5) is 0 Å². The summed E-state index contributed by atoms with van der Waals surface area (Å²) in [4.78, 5) is 12.9. The molecule has 1 N–H and O–H groups in total. The number of hydrogen-bond donors (Lipinski definition) is 1. The van der Waals surface area contributed by atoms with E-state index in [-0.39, 0.29) is 5.91 Å². The quantitative estimate of drug-likeness (QED) is 0.608. The zero-order chi connectivity index (χ0) is 11.7. The fraction of sp³-hybridized carbons (Fsp3) is 0.909. The van der Waals surface area contributed by atoms with Crippen LogP contribution in [0.25, 0.3) is 0 Å². The van der Waals surface area contributed by atoms with E-state index in [1.54, 1.807) is 26.1 Å². The molecule has 4 nitrogen and oxygen atoms in total. The third kappa shape index (κ3) is 8.39. The maximum atomic E-state index is 11.2. The van der Waals surface area contributed by atoms with Gasteiger partial charge in [-0.15, -0.1) is 0 Å². The molecule has 0 aliphatic carbocycles. The molecule has 0 radical (unpaired) electrons. The molecule has 0 aromatic heterocycles. The number of rotatable bonds is 8. The van der Waals surface area contributed by atoms with E-state index >= 15 is 0 Å². The predicted octanol–water partition coefficient (Wildman–Crippen LogP) is 0.727. The average Bonchev–Trinajstić information content (AvgIpc) is 2.17. The Morgan fingerprint density at radius 2 is 2.13 bits per heavy atom. The molecule has 0 aromatic carbocycles. The first-order valence-corrected chi connectivity index (χ1v) is 5.47. The number of carbonyl (C=O) groups is 1. The fourth-order valence-corrected chi connectivity index (χ4v) is 1.28. The number of nitrogens with zero attached hydrogens (tertiary/aromatic N) is 1. The number of carbonyl (C=O) groups excluding carboxylic acids is 1. The van der Waals surface area contributed by atoms with E-state index < -0.39 is 0 Å². The first-order valence-electron chi connectivity index (χ1n) is 5.47. The normalized spacial score (nSPS) is 12.5. The van der Waals surface area contributed by atoms with Crippen LogP contribution in [0.2, 0.25) is 0 Å². The zero-order valence-corrected chi connectivity index (χ0v) is 10.4. The van der Waals surface area contributed by atoms with Crippen molar-refractivity contribution in [2.24, 2.45) is 5.92 Å². The lowest BCUT2D eigenvalue weighted by atomic mass is 10.2. The number of nitrogens with one attached hydrogen (secondary N) is 1. The minimum Gasteiger partial charge on any atom is -0.384 e. The lowest BCUT2D eigenvalue weighted by Gasteiger charge is -2.12. The Morgan fingerprint density at radius 1 is 1.47 bits per heavy atom. The van der Waals surface area contributed by atoms with Gasteiger partial charge in [-0.1, -0.05) is 6.92 Å². The number of amides is 1. The van der Waals surface area contributed by atoms with E-state index in [0.717, 1.165) is 26.1 Å². The standard InChI is InChI=1S/C11H24N2O2/c1-10(9-15-4)8-12-7-5-6-11(14)13(2)3/h10,12H,5-9H2,1-4H3. The summed E-state index contributed by atoms with van der Waals surface area (Å²) in [6, 6.07) is 0. The second-order valence-electron chi connectivity index (χ2n) is 4.16. The molecule has 0 saturated heterocycles. The van der Waals surface area contributed by atoms with Crippen LogP contribution >= 0.6 is 0 Å². The molecule has 0 rings (SSSR count). The molecule has 0 fully saturated rings. The van der Waals surface area contributed by atoms with Gasteiger partial charge in [0, 0.05) is 34.2 Å². The maximum absolute atomic E-state index is 11.2.